The number of benzene rings is 1. The molecule has 0 fully saturated rings. The molecule has 3 heteroatoms. The molecule has 0 aliphatic carbocycles. The molecule has 1 aromatic carbocycles. The van der Waals surface area contributed by atoms with Gasteiger partial charge in [0.25, 0.3) is 0 Å². The Hall–Kier alpha value is -0.960. The van der Waals surface area contributed by atoms with Crippen LogP contribution in [0.1, 0.15) is 24.5 Å². The summed E-state index contributed by atoms with van der Waals surface area (Å²) < 4.78 is 25.3. The van der Waals surface area contributed by atoms with Crippen LogP contribution < -0.4 is 5.73 Å². The lowest BCUT2D eigenvalue weighted by atomic mass is 10.0. The Labute approximate surface area is 89.3 Å². The molecule has 0 atom stereocenters. The summed E-state index contributed by atoms with van der Waals surface area (Å²) in [6, 6.07) is 7.71. The molecule has 1 rings (SSSR count). The minimum absolute atomic E-state index is 0.0981. The SMILES string of the molecule is CC(F)(F)CCc1cccc(CCN)c1. The predicted molar refractivity (Wildman–Crippen MR) is 58.1 cm³/mol. The van der Waals surface area contributed by atoms with E-state index in [2.05, 4.69) is 0 Å². The molecule has 0 amide bonds. The van der Waals surface area contributed by atoms with Crippen molar-refractivity contribution in [3.05, 3.63) is 35.4 Å². The van der Waals surface area contributed by atoms with Crippen LogP contribution in [0.2, 0.25) is 0 Å². The van der Waals surface area contributed by atoms with Gasteiger partial charge in [0.05, 0.1) is 0 Å². The van der Waals surface area contributed by atoms with E-state index in [4.69, 9.17) is 5.73 Å². The van der Waals surface area contributed by atoms with E-state index in [9.17, 15) is 8.78 Å². The van der Waals surface area contributed by atoms with Crippen LogP contribution in [0.25, 0.3) is 0 Å². The van der Waals surface area contributed by atoms with E-state index in [-0.39, 0.29) is 6.42 Å². The molecule has 0 bridgehead atoms. The quantitative estimate of drug-likeness (QED) is 0.799. The maximum atomic E-state index is 12.6. The van der Waals surface area contributed by atoms with Crippen molar-refractivity contribution in [3.63, 3.8) is 0 Å². The summed E-state index contributed by atoms with van der Waals surface area (Å²) in [6.45, 7) is 1.55. The van der Waals surface area contributed by atoms with Gasteiger partial charge in [-0.1, -0.05) is 24.3 Å². The Bertz CT molecular complexity index is 305. The molecule has 0 saturated carbocycles. The largest absolute Gasteiger partial charge is 0.330 e. The van der Waals surface area contributed by atoms with Crippen LogP contribution in [0.4, 0.5) is 8.78 Å². The minimum atomic E-state index is -2.58. The van der Waals surface area contributed by atoms with Gasteiger partial charge in [0.2, 0.25) is 5.92 Å². The molecule has 0 heterocycles. The van der Waals surface area contributed by atoms with Crippen LogP contribution in [-0.2, 0) is 12.8 Å². The highest BCUT2D eigenvalue weighted by atomic mass is 19.3. The van der Waals surface area contributed by atoms with E-state index >= 15 is 0 Å². The zero-order valence-electron chi connectivity index (χ0n) is 8.97. The first-order chi connectivity index (χ1) is 7.01. The van der Waals surface area contributed by atoms with Crippen LogP contribution in [0.15, 0.2) is 24.3 Å². The maximum absolute atomic E-state index is 12.6. The number of hydrogen-bond donors (Lipinski definition) is 1. The average molecular weight is 213 g/mol. The summed E-state index contributed by atoms with van der Waals surface area (Å²) in [5.41, 5.74) is 7.51. The van der Waals surface area contributed by atoms with Crippen molar-refractivity contribution in [1.82, 2.24) is 0 Å². The molecule has 0 unspecified atom stereocenters. The van der Waals surface area contributed by atoms with Crippen LogP contribution in [0, 0.1) is 0 Å². The molecule has 0 aliphatic heterocycles. The fraction of sp³-hybridized carbons (Fsp3) is 0.500. The van der Waals surface area contributed by atoms with Gasteiger partial charge in [-0.3, -0.25) is 0 Å². The summed E-state index contributed by atoms with van der Waals surface area (Å²) >= 11 is 0. The highest BCUT2D eigenvalue weighted by Crippen LogP contribution is 2.20. The molecule has 84 valence electrons. The maximum Gasteiger partial charge on any atom is 0.245 e. The van der Waals surface area contributed by atoms with Crippen molar-refractivity contribution in [2.45, 2.75) is 32.1 Å². The van der Waals surface area contributed by atoms with Crippen molar-refractivity contribution in [2.24, 2.45) is 5.73 Å². The van der Waals surface area contributed by atoms with E-state index < -0.39 is 5.92 Å². The first-order valence-electron chi connectivity index (χ1n) is 5.17. The second-order valence-electron chi connectivity index (χ2n) is 3.93. The van der Waals surface area contributed by atoms with Gasteiger partial charge in [-0.2, -0.15) is 0 Å². The van der Waals surface area contributed by atoms with Crippen molar-refractivity contribution >= 4 is 0 Å². The lowest BCUT2D eigenvalue weighted by Gasteiger charge is -2.10. The number of alkyl halides is 2. The molecular formula is C12H17F2N. The van der Waals surface area contributed by atoms with Gasteiger partial charge < -0.3 is 5.73 Å². The van der Waals surface area contributed by atoms with E-state index in [1.807, 2.05) is 24.3 Å². The van der Waals surface area contributed by atoms with Gasteiger partial charge in [-0.15, -0.1) is 0 Å². The number of aryl methyl sites for hydroxylation is 1. The van der Waals surface area contributed by atoms with Gasteiger partial charge in [-0.25, -0.2) is 8.78 Å². The van der Waals surface area contributed by atoms with Gasteiger partial charge in [0, 0.05) is 6.42 Å². The molecule has 0 radical (unpaired) electrons. The zero-order valence-corrected chi connectivity index (χ0v) is 8.97. The molecule has 1 nitrogen and oxygen atoms in total. The highest BCUT2D eigenvalue weighted by molar-refractivity contribution is 5.23. The molecule has 0 aromatic heterocycles. The number of halogens is 2. The number of rotatable bonds is 5. The summed E-state index contributed by atoms with van der Waals surface area (Å²) in [5.74, 6) is -2.58. The zero-order chi connectivity index (χ0) is 11.3. The van der Waals surface area contributed by atoms with Crippen molar-refractivity contribution in [3.8, 4) is 0 Å². The molecular weight excluding hydrogens is 196 g/mol. The van der Waals surface area contributed by atoms with Gasteiger partial charge >= 0.3 is 0 Å². The molecule has 0 aliphatic rings. The minimum Gasteiger partial charge on any atom is -0.330 e. The van der Waals surface area contributed by atoms with E-state index in [1.54, 1.807) is 0 Å². The lowest BCUT2D eigenvalue weighted by Crippen LogP contribution is -2.10. The summed E-state index contributed by atoms with van der Waals surface area (Å²) in [5, 5.41) is 0. The number of nitrogens with two attached hydrogens (primary N) is 1. The Morgan fingerprint density at radius 2 is 1.80 bits per heavy atom. The molecule has 0 spiro atoms. The second kappa shape index (κ2) is 5.21. The number of hydrogen-bond acceptors (Lipinski definition) is 1. The lowest BCUT2D eigenvalue weighted by molar-refractivity contribution is 0.0133. The van der Waals surface area contributed by atoms with Crippen molar-refractivity contribution < 1.29 is 8.78 Å². The van der Waals surface area contributed by atoms with Gasteiger partial charge in [-0.05, 0) is 37.4 Å². The molecule has 2 N–H and O–H groups in total. The van der Waals surface area contributed by atoms with Crippen LogP contribution >= 0.6 is 0 Å². The second-order valence-corrected chi connectivity index (χ2v) is 3.93. The van der Waals surface area contributed by atoms with E-state index in [0.717, 1.165) is 24.5 Å². The Morgan fingerprint density at radius 3 is 2.33 bits per heavy atom. The Balaban J connectivity index is 2.57. The standard InChI is InChI=1S/C12H17F2N/c1-12(13,14)7-5-10-3-2-4-11(9-10)6-8-15/h2-4,9H,5-8,15H2,1H3. The Kier molecular flexibility index (Phi) is 4.21. The van der Waals surface area contributed by atoms with E-state index in [0.29, 0.717) is 13.0 Å². The molecule has 15 heavy (non-hydrogen) atoms. The third kappa shape index (κ3) is 4.88. The first kappa shape index (κ1) is 12.1. The van der Waals surface area contributed by atoms with Crippen LogP contribution in [0.3, 0.4) is 0 Å². The van der Waals surface area contributed by atoms with Crippen LogP contribution in [-0.4, -0.2) is 12.5 Å². The predicted octanol–water partition coefficient (Wildman–Crippen LogP) is 2.78. The van der Waals surface area contributed by atoms with Crippen molar-refractivity contribution in [1.29, 1.82) is 0 Å². The molecule has 1 aromatic rings. The average Bonchev–Trinajstić information content (AvgIpc) is 2.15. The fourth-order valence-corrected chi connectivity index (χ4v) is 1.47. The van der Waals surface area contributed by atoms with Crippen LogP contribution in [0.5, 0.6) is 0 Å². The van der Waals surface area contributed by atoms with Crippen molar-refractivity contribution in [2.75, 3.05) is 6.54 Å². The first-order valence-corrected chi connectivity index (χ1v) is 5.17. The van der Waals surface area contributed by atoms with E-state index in [1.165, 1.54) is 0 Å². The van der Waals surface area contributed by atoms with Gasteiger partial charge in [0.15, 0.2) is 0 Å². The molecule has 0 saturated heterocycles. The third-order valence-electron chi connectivity index (χ3n) is 2.28. The summed E-state index contributed by atoms with van der Waals surface area (Å²) in [7, 11) is 0. The monoisotopic (exact) mass is 213 g/mol. The highest BCUT2D eigenvalue weighted by Gasteiger charge is 2.20. The topological polar surface area (TPSA) is 26.0 Å². The fourth-order valence-electron chi connectivity index (χ4n) is 1.47. The van der Waals surface area contributed by atoms with Gasteiger partial charge in [0.1, 0.15) is 0 Å². The summed E-state index contributed by atoms with van der Waals surface area (Å²) in [4.78, 5) is 0. The normalized spacial score (nSPS) is 11.7. The summed E-state index contributed by atoms with van der Waals surface area (Å²) in [6.07, 6.45) is 1.12. The smallest absolute Gasteiger partial charge is 0.245 e. The Morgan fingerprint density at radius 1 is 1.20 bits per heavy atom. The third-order valence-corrected chi connectivity index (χ3v) is 2.28.